The first-order valence-corrected chi connectivity index (χ1v) is 9.05. The molecule has 2 rings (SSSR count). The van der Waals surface area contributed by atoms with Crippen molar-refractivity contribution in [2.24, 2.45) is 10.9 Å². The van der Waals surface area contributed by atoms with Crippen LogP contribution in [0.1, 0.15) is 19.8 Å². The summed E-state index contributed by atoms with van der Waals surface area (Å²) in [5.41, 5.74) is 0. The maximum atomic E-state index is 5.76. The van der Waals surface area contributed by atoms with Gasteiger partial charge in [-0.3, -0.25) is 4.99 Å². The molecule has 1 unspecified atom stereocenters. The minimum atomic E-state index is 0. The summed E-state index contributed by atoms with van der Waals surface area (Å²) < 4.78 is 16.2. The standard InChI is InChI=1S/C19H31N3O3.HI/c1-4-20-19(22-11-9-16(14-22)15-23-2)21-10-6-12-25-18-8-5-7-17(13-18)24-3;/h5,7-8,13,16H,4,6,9-12,14-15H2,1-3H3,(H,20,21);1H. The van der Waals surface area contributed by atoms with E-state index < -0.39 is 0 Å². The molecule has 0 aromatic heterocycles. The second-order valence-electron chi connectivity index (χ2n) is 6.17. The maximum absolute atomic E-state index is 5.76. The third-order valence-corrected chi connectivity index (χ3v) is 4.20. The number of rotatable bonds is 9. The van der Waals surface area contributed by atoms with Gasteiger partial charge in [-0.05, 0) is 25.5 Å². The van der Waals surface area contributed by atoms with Gasteiger partial charge < -0.3 is 24.4 Å². The Kier molecular flexibility index (Phi) is 11.4. The lowest BCUT2D eigenvalue weighted by Gasteiger charge is -2.21. The minimum absolute atomic E-state index is 0. The van der Waals surface area contributed by atoms with E-state index in [9.17, 15) is 0 Å². The van der Waals surface area contributed by atoms with Crippen LogP contribution in [-0.4, -0.2) is 64.5 Å². The fourth-order valence-corrected chi connectivity index (χ4v) is 2.95. The molecule has 0 aliphatic carbocycles. The van der Waals surface area contributed by atoms with Crippen molar-refractivity contribution < 1.29 is 14.2 Å². The lowest BCUT2D eigenvalue weighted by atomic mass is 10.1. The van der Waals surface area contributed by atoms with Gasteiger partial charge in [0.05, 0.1) is 20.3 Å². The van der Waals surface area contributed by atoms with Gasteiger partial charge in [-0.25, -0.2) is 0 Å². The molecule has 1 atom stereocenters. The third kappa shape index (κ3) is 7.57. The fourth-order valence-electron chi connectivity index (χ4n) is 2.95. The highest BCUT2D eigenvalue weighted by atomic mass is 127. The van der Waals surface area contributed by atoms with Crippen LogP contribution >= 0.6 is 24.0 Å². The van der Waals surface area contributed by atoms with Crippen molar-refractivity contribution in [2.75, 3.05) is 53.6 Å². The van der Waals surface area contributed by atoms with Gasteiger partial charge >= 0.3 is 0 Å². The number of methoxy groups -OCH3 is 2. The molecule has 0 amide bonds. The molecule has 1 aliphatic rings. The third-order valence-electron chi connectivity index (χ3n) is 4.20. The molecule has 0 saturated carbocycles. The Labute approximate surface area is 174 Å². The molecule has 1 aliphatic heterocycles. The zero-order valence-corrected chi connectivity index (χ0v) is 18.4. The molecule has 26 heavy (non-hydrogen) atoms. The van der Waals surface area contributed by atoms with Gasteiger partial charge in [0.25, 0.3) is 0 Å². The molecule has 0 spiro atoms. The van der Waals surface area contributed by atoms with Crippen molar-refractivity contribution in [3.63, 3.8) is 0 Å². The zero-order chi connectivity index (χ0) is 17.9. The highest BCUT2D eigenvalue weighted by molar-refractivity contribution is 14.0. The van der Waals surface area contributed by atoms with E-state index in [1.165, 1.54) is 0 Å². The smallest absolute Gasteiger partial charge is 0.193 e. The van der Waals surface area contributed by atoms with E-state index in [4.69, 9.17) is 19.2 Å². The number of ether oxygens (including phenoxy) is 3. The molecule has 1 aromatic rings. The summed E-state index contributed by atoms with van der Waals surface area (Å²) in [5.74, 6) is 3.24. The second-order valence-corrected chi connectivity index (χ2v) is 6.17. The first kappa shape index (κ1) is 22.8. The molecule has 6 nitrogen and oxygen atoms in total. The van der Waals surface area contributed by atoms with E-state index in [1.54, 1.807) is 14.2 Å². The Morgan fingerprint density at radius 3 is 2.85 bits per heavy atom. The first-order chi connectivity index (χ1) is 12.3. The number of hydrogen-bond acceptors (Lipinski definition) is 4. The second kappa shape index (κ2) is 13.0. The number of nitrogens with zero attached hydrogens (tertiary/aromatic N) is 2. The SMILES string of the molecule is CCNC(=NCCCOc1cccc(OC)c1)N1CCC(COC)C1.I. The van der Waals surface area contributed by atoms with Gasteiger partial charge in [-0.15, -0.1) is 24.0 Å². The molecule has 1 fully saturated rings. The van der Waals surface area contributed by atoms with Crippen LogP contribution in [0, 0.1) is 5.92 Å². The summed E-state index contributed by atoms with van der Waals surface area (Å²) >= 11 is 0. The van der Waals surface area contributed by atoms with E-state index in [1.807, 2.05) is 24.3 Å². The number of benzene rings is 1. The molecule has 0 bridgehead atoms. The maximum Gasteiger partial charge on any atom is 0.193 e. The van der Waals surface area contributed by atoms with Gasteiger partial charge in [0, 0.05) is 51.7 Å². The fraction of sp³-hybridized carbons (Fsp3) is 0.632. The van der Waals surface area contributed by atoms with Crippen molar-refractivity contribution in [1.82, 2.24) is 10.2 Å². The summed E-state index contributed by atoms with van der Waals surface area (Å²) in [7, 11) is 3.43. The Hall–Kier alpha value is -1.22. The topological polar surface area (TPSA) is 55.3 Å². The molecule has 1 heterocycles. The Balaban J connectivity index is 0.00000338. The van der Waals surface area contributed by atoms with Gasteiger partial charge in [0.15, 0.2) is 5.96 Å². The van der Waals surface area contributed by atoms with Crippen molar-refractivity contribution in [2.45, 2.75) is 19.8 Å². The summed E-state index contributed by atoms with van der Waals surface area (Å²) in [4.78, 5) is 7.07. The highest BCUT2D eigenvalue weighted by Gasteiger charge is 2.24. The number of nitrogens with one attached hydrogen (secondary N) is 1. The summed E-state index contributed by atoms with van der Waals surface area (Å²) in [6, 6.07) is 7.68. The van der Waals surface area contributed by atoms with Crippen LogP contribution in [0.2, 0.25) is 0 Å². The van der Waals surface area contributed by atoms with E-state index in [0.29, 0.717) is 12.5 Å². The van der Waals surface area contributed by atoms with Gasteiger partial charge in [-0.1, -0.05) is 6.07 Å². The molecule has 0 radical (unpaired) electrons. The Morgan fingerprint density at radius 1 is 1.31 bits per heavy atom. The van der Waals surface area contributed by atoms with Crippen molar-refractivity contribution in [3.05, 3.63) is 24.3 Å². The molecule has 1 N–H and O–H groups in total. The number of halogens is 1. The summed E-state index contributed by atoms with van der Waals surface area (Å²) in [5, 5.41) is 3.39. The first-order valence-electron chi connectivity index (χ1n) is 9.05. The van der Waals surface area contributed by atoms with E-state index in [0.717, 1.165) is 63.1 Å². The number of likely N-dealkylation sites (tertiary alicyclic amines) is 1. The lowest BCUT2D eigenvalue weighted by Crippen LogP contribution is -2.40. The largest absolute Gasteiger partial charge is 0.497 e. The Bertz CT molecular complexity index is 543. The number of hydrogen-bond donors (Lipinski definition) is 1. The van der Waals surface area contributed by atoms with Gasteiger partial charge in [0.2, 0.25) is 0 Å². The van der Waals surface area contributed by atoms with Crippen LogP contribution in [0.25, 0.3) is 0 Å². The highest BCUT2D eigenvalue weighted by Crippen LogP contribution is 2.19. The van der Waals surface area contributed by atoms with Gasteiger partial charge in [-0.2, -0.15) is 0 Å². The monoisotopic (exact) mass is 477 g/mol. The van der Waals surface area contributed by atoms with E-state index in [2.05, 4.69) is 17.1 Å². The average Bonchev–Trinajstić information content (AvgIpc) is 3.09. The van der Waals surface area contributed by atoms with Crippen molar-refractivity contribution >= 4 is 29.9 Å². The van der Waals surface area contributed by atoms with Crippen LogP contribution < -0.4 is 14.8 Å². The van der Waals surface area contributed by atoms with E-state index >= 15 is 0 Å². The van der Waals surface area contributed by atoms with Crippen LogP contribution in [0.4, 0.5) is 0 Å². The van der Waals surface area contributed by atoms with Crippen molar-refractivity contribution in [1.29, 1.82) is 0 Å². The molecule has 7 heteroatoms. The number of aliphatic imine (C=N–C) groups is 1. The predicted octanol–water partition coefficient (Wildman–Crippen LogP) is 3.02. The lowest BCUT2D eigenvalue weighted by molar-refractivity contribution is 0.157. The minimum Gasteiger partial charge on any atom is -0.497 e. The molecule has 148 valence electrons. The zero-order valence-electron chi connectivity index (χ0n) is 16.1. The van der Waals surface area contributed by atoms with Crippen molar-refractivity contribution in [3.8, 4) is 11.5 Å². The van der Waals surface area contributed by atoms with Crippen LogP contribution in [0.15, 0.2) is 29.3 Å². The molecule has 1 saturated heterocycles. The summed E-state index contributed by atoms with van der Waals surface area (Å²) in [6.45, 7) is 7.25. The average molecular weight is 477 g/mol. The van der Waals surface area contributed by atoms with Gasteiger partial charge in [0.1, 0.15) is 11.5 Å². The molecular formula is C19H32IN3O3. The van der Waals surface area contributed by atoms with Crippen LogP contribution in [0.3, 0.4) is 0 Å². The predicted molar refractivity (Wildman–Crippen MR) is 116 cm³/mol. The summed E-state index contributed by atoms with van der Waals surface area (Å²) in [6.07, 6.45) is 2.04. The molecular weight excluding hydrogens is 445 g/mol. The van der Waals surface area contributed by atoms with Crippen LogP contribution in [-0.2, 0) is 4.74 Å². The Morgan fingerprint density at radius 2 is 2.12 bits per heavy atom. The number of guanidine groups is 1. The van der Waals surface area contributed by atoms with E-state index in [-0.39, 0.29) is 24.0 Å². The van der Waals surface area contributed by atoms with Crippen LogP contribution in [0.5, 0.6) is 11.5 Å². The normalized spacial score (nSPS) is 17.0. The molecule has 1 aromatic carbocycles. The quantitative estimate of drug-likeness (QED) is 0.257.